The van der Waals surface area contributed by atoms with Crippen LogP contribution in [0.25, 0.3) is 22.0 Å². The Bertz CT molecular complexity index is 1110. The van der Waals surface area contributed by atoms with Gasteiger partial charge in [-0.3, -0.25) is 15.1 Å². The molecule has 0 fully saturated rings. The van der Waals surface area contributed by atoms with Gasteiger partial charge < -0.3 is 5.32 Å². The van der Waals surface area contributed by atoms with Gasteiger partial charge in [0.15, 0.2) is 0 Å². The summed E-state index contributed by atoms with van der Waals surface area (Å²) in [6, 6.07) is 15.9. The number of hydrogen-bond acceptors (Lipinski definition) is 6. The molecule has 126 valence electrons. The smallest absolute Gasteiger partial charge is 0.270 e. The van der Waals surface area contributed by atoms with Crippen molar-refractivity contribution in [1.82, 2.24) is 15.0 Å². The summed E-state index contributed by atoms with van der Waals surface area (Å²) in [4.78, 5) is 23.2. The third-order valence-electron chi connectivity index (χ3n) is 3.96. The first-order valence-electron chi connectivity index (χ1n) is 7.87. The summed E-state index contributed by atoms with van der Waals surface area (Å²) in [5.74, 6) is 0.603. The molecule has 2 heterocycles. The third-order valence-corrected chi connectivity index (χ3v) is 3.96. The molecule has 0 saturated carbocycles. The number of benzene rings is 2. The van der Waals surface area contributed by atoms with Gasteiger partial charge in [0.05, 0.1) is 10.6 Å². The average Bonchev–Trinajstić information content (AvgIpc) is 2.69. The molecule has 0 unspecified atom stereocenters. The number of nitro benzene ring substituents is 1. The number of anilines is 2. The molecule has 7 heteroatoms. The normalized spacial score (nSPS) is 10.6. The minimum atomic E-state index is -0.423. The Balaban J connectivity index is 1.70. The molecule has 0 radical (unpaired) electrons. The number of aromatic nitrogens is 3. The minimum absolute atomic E-state index is 0.0252. The quantitative estimate of drug-likeness (QED) is 0.437. The summed E-state index contributed by atoms with van der Waals surface area (Å²) < 4.78 is 0. The Morgan fingerprint density at radius 1 is 1.00 bits per heavy atom. The Hall–Kier alpha value is -3.87. The minimum Gasteiger partial charge on any atom is -0.340 e. The second-order valence-electron chi connectivity index (χ2n) is 5.62. The molecule has 0 bridgehead atoms. The van der Waals surface area contributed by atoms with Crippen LogP contribution in [0.4, 0.5) is 17.2 Å². The molecule has 26 heavy (non-hydrogen) atoms. The second-order valence-corrected chi connectivity index (χ2v) is 5.62. The Morgan fingerprint density at radius 3 is 2.77 bits per heavy atom. The number of non-ortho nitro benzene ring substituents is 1. The zero-order valence-electron chi connectivity index (χ0n) is 13.5. The van der Waals surface area contributed by atoms with Crippen molar-refractivity contribution < 1.29 is 4.92 Å². The maximum absolute atomic E-state index is 11.0. The van der Waals surface area contributed by atoms with E-state index in [1.807, 2.05) is 24.3 Å². The van der Waals surface area contributed by atoms with Gasteiger partial charge in [-0.25, -0.2) is 9.97 Å². The van der Waals surface area contributed by atoms with Crippen LogP contribution in [0.5, 0.6) is 0 Å². The molecule has 0 aliphatic rings. The van der Waals surface area contributed by atoms with Crippen LogP contribution < -0.4 is 5.32 Å². The van der Waals surface area contributed by atoms with E-state index in [1.165, 1.54) is 18.5 Å². The summed E-state index contributed by atoms with van der Waals surface area (Å²) in [7, 11) is 0. The van der Waals surface area contributed by atoms with Crippen molar-refractivity contribution in [3.05, 3.63) is 83.4 Å². The fraction of sp³-hybridized carbons (Fsp3) is 0. The van der Waals surface area contributed by atoms with Crippen molar-refractivity contribution in [2.45, 2.75) is 0 Å². The van der Waals surface area contributed by atoms with Crippen LogP contribution in [0.1, 0.15) is 0 Å². The van der Waals surface area contributed by atoms with Gasteiger partial charge in [-0.2, -0.15) is 0 Å². The van der Waals surface area contributed by atoms with Gasteiger partial charge in [-0.15, -0.1) is 0 Å². The maximum Gasteiger partial charge on any atom is 0.270 e. The van der Waals surface area contributed by atoms with Gasteiger partial charge in [0.2, 0.25) is 0 Å². The molecule has 0 spiro atoms. The van der Waals surface area contributed by atoms with E-state index in [4.69, 9.17) is 0 Å². The number of hydrogen-bond donors (Lipinski definition) is 1. The van der Waals surface area contributed by atoms with Crippen LogP contribution in [-0.4, -0.2) is 19.9 Å². The van der Waals surface area contributed by atoms with Crippen LogP contribution in [0.3, 0.4) is 0 Å². The topological polar surface area (TPSA) is 93.8 Å². The molecule has 0 amide bonds. The maximum atomic E-state index is 11.0. The summed E-state index contributed by atoms with van der Waals surface area (Å²) in [5.41, 5.74) is 2.19. The number of nitrogens with one attached hydrogen (secondary N) is 1. The van der Waals surface area contributed by atoms with E-state index in [0.717, 1.165) is 16.5 Å². The van der Waals surface area contributed by atoms with Gasteiger partial charge in [0.1, 0.15) is 12.1 Å². The summed E-state index contributed by atoms with van der Waals surface area (Å²) in [5, 5.41) is 16.3. The van der Waals surface area contributed by atoms with E-state index in [-0.39, 0.29) is 5.69 Å². The van der Waals surface area contributed by atoms with Crippen molar-refractivity contribution in [3.8, 4) is 11.3 Å². The van der Waals surface area contributed by atoms with Crippen molar-refractivity contribution in [2.24, 2.45) is 0 Å². The van der Waals surface area contributed by atoms with Gasteiger partial charge >= 0.3 is 0 Å². The first-order chi connectivity index (χ1) is 12.7. The number of pyridine rings is 1. The number of rotatable bonds is 4. The average molecular weight is 343 g/mol. The molecule has 0 saturated heterocycles. The highest BCUT2D eigenvalue weighted by molar-refractivity contribution is 5.94. The largest absolute Gasteiger partial charge is 0.340 e. The van der Waals surface area contributed by atoms with Crippen LogP contribution >= 0.6 is 0 Å². The molecule has 7 nitrogen and oxygen atoms in total. The monoisotopic (exact) mass is 343 g/mol. The van der Waals surface area contributed by atoms with E-state index in [9.17, 15) is 10.1 Å². The van der Waals surface area contributed by atoms with Gasteiger partial charge in [0, 0.05) is 52.6 Å². The van der Waals surface area contributed by atoms with E-state index < -0.39 is 4.92 Å². The van der Waals surface area contributed by atoms with Crippen LogP contribution in [0.2, 0.25) is 0 Å². The lowest BCUT2D eigenvalue weighted by molar-refractivity contribution is -0.384. The van der Waals surface area contributed by atoms with Crippen molar-refractivity contribution in [1.29, 1.82) is 0 Å². The first kappa shape index (κ1) is 15.6. The number of nitro groups is 1. The Morgan fingerprint density at radius 2 is 1.88 bits per heavy atom. The lowest BCUT2D eigenvalue weighted by Crippen LogP contribution is -1.96. The zero-order chi connectivity index (χ0) is 17.9. The predicted octanol–water partition coefficient (Wildman–Crippen LogP) is 4.34. The second kappa shape index (κ2) is 6.56. The number of nitrogens with zero attached hydrogens (tertiary/aromatic N) is 4. The molecule has 1 N–H and O–H groups in total. The third kappa shape index (κ3) is 3.05. The molecular formula is C19H13N5O2. The van der Waals surface area contributed by atoms with Crippen LogP contribution in [-0.2, 0) is 0 Å². The molecule has 2 aromatic carbocycles. The lowest BCUT2D eigenvalue weighted by atomic mass is 10.1. The van der Waals surface area contributed by atoms with E-state index >= 15 is 0 Å². The summed E-state index contributed by atoms with van der Waals surface area (Å²) >= 11 is 0. The molecule has 0 aliphatic heterocycles. The summed E-state index contributed by atoms with van der Waals surface area (Å²) in [6.07, 6.45) is 4.97. The lowest BCUT2D eigenvalue weighted by Gasteiger charge is -2.09. The predicted molar refractivity (Wildman–Crippen MR) is 99.1 cm³/mol. The molecule has 0 atom stereocenters. The van der Waals surface area contributed by atoms with Crippen LogP contribution in [0, 0.1) is 10.1 Å². The Labute approximate surface area is 148 Å². The van der Waals surface area contributed by atoms with E-state index in [2.05, 4.69) is 20.3 Å². The van der Waals surface area contributed by atoms with E-state index in [1.54, 1.807) is 30.6 Å². The molecular weight excluding hydrogens is 330 g/mol. The molecule has 4 aromatic rings. The fourth-order valence-corrected chi connectivity index (χ4v) is 2.73. The molecule has 2 aromatic heterocycles. The van der Waals surface area contributed by atoms with Gasteiger partial charge in [-0.1, -0.05) is 24.3 Å². The number of fused-ring (bicyclic) bond motifs is 1. The van der Waals surface area contributed by atoms with E-state index in [0.29, 0.717) is 17.1 Å². The highest BCUT2D eigenvalue weighted by Crippen LogP contribution is 2.27. The van der Waals surface area contributed by atoms with Gasteiger partial charge in [0.25, 0.3) is 5.69 Å². The highest BCUT2D eigenvalue weighted by Gasteiger charge is 2.09. The molecule has 4 rings (SSSR count). The summed E-state index contributed by atoms with van der Waals surface area (Å²) in [6.45, 7) is 0. The molecule has 0 aliphatic carbocycles. The van der Waals surface area contributed by atoms with Crippen LogP contribution in [0.15, 0.2) is 73.3 Å². The highest BCUT2D eigenvalue weighted by atomic mass is 16.6. The fourth-order valence-electron chi connectivity index (χ4n) is 2.73. The van der Waals surface area contributed by atoms with Gasteiger partial charge in [-0.05, 0) is 12.1 Å². The first-order valence-corrected chi connectivity index (χ1v) is 7.87. The van der Waals surface area contributed by atoms with Crippen molar-refractivity contribution in [3.63, 3.8) is 0 Å². The standard InChI is InChI=1S/C19H13N5O2/c25-24(26)15-5-1-3-13(9-15)18-10-19(22-12-21-18)23-17-6-2-4-14-11-20-8-7-16(14)17/h1-12H,(H,21,22,23). The Kier molecular flexibility index (Phi) is 3.95. The SMILES string of the molecule is O=[N+]([O-])c1cccc(-c2cc(Nc3cccc4cnccc34)ncn2)c1. The zero-order valence-corrected chi connectivity index (χ0v) is 13.5. The van der Waals surface area contributed by atoms with Crippen molar-refractivity contribution >= 4 is 28.0 Å². The van der Waals surface area contributed by atoms with Crippen molar-refractivity contribution in [2.75, 3.05) is 5.32 Å².